The molecule has 0 aliphatic carbocycles. The van der Waals surface area contributed by atoms with Crippen molar-refractivity contribution in [1.82, 2.24) is 29.6 Å². The van der Waals surface area contributed by atoms with Crippen LogP contribution in [0.2, 0.25) is 10.0 Å². The lowest BCUT2D eigenvalue weighted by molar-refractivity contribution is 0.0203. The van der Waals surface area contributed by atoms with Crippen molar-refractivity contribution in [2.45, 2.75) is 45.1 Å². The zero-order chi connectivity index (χ0) is 25.6. The summed E-state index contributed by atoms with van der Waals surface area (Å²) in [7, 11) is 0. The highest BCUT2D eigenvalue weighted by Gasteiger charge is 2.29. The van der Waals surface area contributed by atoms with Crippen molar-refractivity contribution in [2.75, 3.05) is 13.1 Å². The largest absolute Gasteiger partial charge is 0.444 e. The van der Waals surface area contributed by atoms with Crippen LogP contribution in [0.1, 0.15) is 45.2 Å². The molecule has 0 radical (unpaired) electrons. The van der Waals surface area contributed by atoms with Gasteiger partial charge in [0.15, 0.2) is 0 Å². The summed E-state index contributed by atoms with van der Waals surface area (Å²) in [5.41, 5.74) is 1.50. The Bertz CT molecular complexity index is 1470. The molecule has 1 N–H and O–H groups in total. The normalized spacial score (nSPS) is 15.0. The molecule has 10 nitrogen and oxygen atoms in total. The van der Waals surface area contributed by atoms with E-state index in [1.807, 2.05) is 20.8 Å². The van der Waals surface area contributed by atoms with Crippen LogP contribution in [-0.2, 0) is 4.74 Å². The molecular weight excluding hydrogens is 507 g/mol. The van der Waals surface area contributed by atoms with E-state index < -0.39 is 5.60 Å². The molecule has 12 heteroatoms. The first-order valence-electron chi connectivity index (χ1n) is 11.5. The number of halogens is 2. The van der Waals surface area contributed by atoms with Gasteiger partial charge in [-0.3, -0.25) is 4.79 Å². The zero-order valence-corrected chi connectivity index (χ0v) is 21.4. The first-order chi connectivity index (χ1) is 17.1. The Morgan fingerprint density at radius 2 is 1.83 bits per heavy atom. The fourth-order valence-corrected chi connectivity index (χ4v) is 4.80. The Morgan fingerprint density at radius 1 is 1.14 bits per heavy atom. The maximum atomic E-state index is 12.6. The van der Waals surface area contributed by atoms with Crippen molar-refractivity contribution in [2.24, 2.45) is 0 Å². The van der Waals surface area contributed by atoms with E-state index in [1.165, 1.54) is 0 Å². The topological polar surface area (TPSA) is 119 Å². The smallest absolute Gasteiger partial charge is 0.410 e. The third-order valence-corrected chi connectivity index (χ3v) is 6.31. The van der Waals surface area contributed by atoms with Gasteiger partial charge in [0, 0.05) is 40.7 Å². The fourth-order valence-electron chi connectivity index (χ4n) is 4.28. The summed E-state index contributed by atoms with van der Waals surface area (Å²) in [4.78, 5) is 34.0. The summed E-state index contributed by atoms with van der Waals surface area (Å²) in [5, 5.41) is 9.46. The van der Waals surface area contributed by atoms with Gasteiger partial charge < -0.3 is 19.1 Å². The third kappa shape index (κ3) is 4.96. The van der Waals surface area contributed by atoms with Crippen molar-refractivity contribution in [3.8, 4) is 22.8 Å². The van der Waals surface area contributed by atoms with Gasteiger partial charge in [-0.25, -0.2) is 9.31 Å². The number of aromatic nitrogens is 5. The summed E-state index contributed by atoms with van der Waals surface area (Å²) in [6, 6.07) is 6.50. The van der Waals surface area contributed by atoms with Crippen molar-refractivity contribution in [1.29, 1.82) is 0 Å². The minimum absolute atomic E-state index is 0.0377. The molecule has 0 saturated carbocycles. The summed E-state index contributed by atoms with van der Waals surface area (Å²) in [5.74, 6) is 0.543. The average Bonchev–Trinajstić information content (AvgIpc) is 3.44. The number of likely N-dealkylation sites (tertiary alicyclic amines) is 1. The summed E-state index contributed by atoms with van der Waals surface area (Å²) in [6.07, 6.45) is 2.61. The molecule has 188 valence electrons. The fraction of sp³-hybridized carbons (Fsp3) is 0.375. The Hall–Kier alpha value is -3.37. The van der Waals surface area contributed by atoms with Crippen LogP contribution in [0, 0.1) is 0 Å². The van der Waals surface area contributed by atoms with Gasteiger partial charge in [0.1, 0.15) is 11.2 Å². The van der Waals surface area contributed by atoms with E-state index in [4.69, 9.17) is 32.5 Å². The second-order valence-electron chi connectivity index (χ2n) is 9.70. The number of H-pyrrole nitrogens is 1. The number of carbonyl (C=O) groups is 1. The quantitative estimate of drug-likeness (QED) is 0.388. The number of benzene rings is 1. The second kappa shape index (κ2) is 9.25. The van der Waals surface area contributed by atoms with Crippen molar-refractivity contribution < 1.29 is 14.1 Å². The molecule has 1 aliphatic heterocycles. The van der Waals surface area contributed by atoms with E-state index in [2.05, 4.69) is 20.2 Å². The van der Waals surface area contributed by atoms with Gasteiger partial charge in [0.25, 0.3) is 11.4 Å². The number of rotatable bonds is 3. The Labute approximate surface area is 216 Å². The molecule has 5 rings (SSSR count). The van der Waals surface area contributed by atoms with E-state index in [0.29, 0.717) is 52.8 Å². The number of carbonyl (C=O) groups excluding carboxylic acids is 1. The minimum atomic E-state index is -0.549. The van der Waals surface area contributed by atoms with Crippen LogP contribution < -0.4 is 5.56 Å². The molecular formula is C24H24Cl2N6O4. The summed E-state index contributed by atoms with van der Waals surface area (Å²) >= 11 is 12.2. The number of hydrogen-bond donors (Lipinski definition) is 1. The zero-order valence-electron chi connectivity index (χ0n) is 19.9. The molecule has 4 heterocycles. The molecule has 1 aliphatic rings. The summed E-state index contributed by atoms with van der Waals surface area (Å²) < 4.78 is 12.6. The van der Waals surface area contributed by atoms with Gasteiger partial charge in [-0.1, -0.05) is 28.4 Å². The highest BCUT2D eigenvalue weighted by atomic mass is 35.5. The first-order valence-corrected chi connectivity index (χ1v) is 12.2. The number of aromatic amines is 1. The Morgan fingerprint density at radius 3 is 2.50 bits per heavy atom. The molecule has 3 aromatic heterocycles. The molecule has 0 spiro atoms. The van der Waals surface area contributed by atoms with E-state index >= 15 is 0 Å². The number of hydrogen-bond acceptors (Lipinski definition) is 7. The highest BCUT2D eigenvalue weighted by Crippen LogP contribution is 2.31. The second-order valence-corrected chi connectivity index (χ2v) is 10.6. The Kier molecular flexibility index (Phi) is 6.25. The third-order valence-electron chi connectivity index (χ3n) is 5.88. The number of nitrogens with one attached hydrogen (secondary N) is 1. The van der Waals surface area contributed by atoms with Crippen molar-refractivity contribution >= 4 is 34.9 Å². The van der Waals surface area contributed by atoms with Crippen LogP contribution in [0.15, 0.2) is 39.8 Å². The van der Waals surface area contributed by atoms with E-state index in [-0.39, 0.29) is 29.3 Å². The standard InChI is InChI=1S/C24H24Cl2N6O4/c1-24(2,3)35-23(34)31-6-4-13(5-7-31)18-11-19(33)28-21-17(12-27-32(18)21)20-29-22(36-30-20)14-8-15(25)10-16(26)9-14/h8-13H,4-7H2,1-3H3,(H,28,33). The van der Waals surface area contributed by atoms with Crippen LogP contribution in [0.3, 0.4) is 0 Å². The van der Waals surface area contributed by atoms with Gasteiger partial charge in [0.05, 0.1) is 17.5 Å². The first kappa shape index (κ1) is 24.3. The van der Waals surface area contributed by atoms with Crippen LogP contribution in [0.4, 0.5) is 4.79 Å². The lowest BCUT2D eigenvalue weighted by Gasteiger charge is -2.33. The number of amides is 1. The van der Waals surface area contributed by atoms with Gasteiger partial charge in [0.2, 0.25) is 5.82 Å². The molecule has 1 saturated heterocycles. The number of piperidine rings is 1. The summed E-state index contributed by atoms with van der Waals surface area (Å²) in [6.45, 7) is 6.58. The lowest BCUT2D eigenvalue weighted by Crippen LogP contribution is -2.41. The van der Waals surface area contributed by atoms with Gasteiger partial charge in [-0.15, -0.1) is 0 Å². The van der Waals surface area contributed by atoms with Crippen LogP contribution in [0.25, 0.3) is 28.5 Å². The number of ether oxygens (including phenoxy) is 1. The molecule has 4 aromatic rings. The molecule has 0 unspecified atom stereocenters. The molecule has 0 bridgehead atoms. The van der Waals surface area contributed by atoms with Crippen molar-refractivity contribution in [3.05, 3.63) is 56.6 Å². The lowest BCUT2D eigenvalue weighted by atomic mass is 9.93. The SMILES string of the molecule is CC(C)(C)OC(=O)N1CCC(c2cc(=O)[nH]c3c(-c4noc(-c5cc(Cl)cc(Cl)c5)n4)cnn23)CC1. The molecule has 0 atom stereocenters. The van der Waals surface area contributed by atoms with Crippen LogP contribution >= 0.6 is 23.2 Å². The number of nitrogens with zero attached hydrogens (tertiary/aromatic N) is 5. The minimum Gasteiger partial charge on any atom is -0.444 e. The van der Waals surface area contributed by atoms with Gasteiger partial charge >= 0.3 is 6.09 Å². The number of fused-ring (bicyclic) bond motifs is 1. The van der Waals surface area contributed by atoms with E-state index in [1.54, 1.807) is 39.9 Å². The predicted molar refractivity (Wildman–Crippen MR) is 134 cm³/mol. The van der Waals surface area contributed by atoms with Crippen LogP contribution in [0.5, 0.6) is 0 Å². The van der Waals surface area contributed by atoms with Crippen LogP contribution in [-0.4, -0.2) is 54.4 Å². The maximum Gasteiger partial charge on any atom is 0.410 e. The van der Waals surface area contributed by atoms with E-state index in [9.17, 15) is 9.59 Å². The highest BCUT2D eigenvalue weighted by molar-refractivity contribution is 6.35. The Balaban J connectivity index is 1.41. The maximum absolute atomic E-state index is 12.6. The van der Waals surface area contributed by atoms with Crippen molar-refractivity contribution in [3.63, 3.8) is 0 Å². The molecule has 36 heavy (non-hydrogen) atoms. The van der Waals surface area contributed by atoms with Gasteiger partial charge in [-0.05, 0) is 51.8 Å². The van der Waals surface area contributed by atoms with Gasteiger partial charge in [-0.2, -0.15) is 10.1 Å². The van der Waals surface area contributed by atoms with E-state index in [0.717, 1.165) is 5.69 Å². The molecule has 1 amide bonds. The predicted octanol–water partition coefficient (Wildman–Crippen LogP) is 5.16. The molecule has 1 fully saturated rings. The molecule has 1 aromatic carbocycles. The average molecular weight is 531 g/mol. The monoisotopic (exact) mass is 530 g/mol.